The minimum Gasteiger partial charge on any atom is -0.376 e. The molecule has 0 aliphatic carbocycles. The van der Waals surface area contributed by atoms with Crippen molar-refractivity contribution >= 4 is 17.5 Å². The van der Waals surface area contributed by atoms with Gasteiger partial charge in [0, 0.05) is 31.1 Å². The van der Waals surface area contributed by atoms with Crippen molar-refractivity contribution in [3.8, 4) is 11.3 Å². The second-order valence-corrected chi connectivity index (χ2v) is 5.04. The lowest BCUT2D eigenvalue weighted by Gasteiger charge is -2.11. The van der Waals surface area contributed by atoms with Gasteiger partial charge < -0.3 is 10.1 Å². The molecule has 1 aliphatic heterocycles. The Bertz CT molecular complexity index is 587. The van der Waals surface area contributed by atoms with Gasteiger partial charge in [0.1, 0.15) is 5.15 Å². The highest BCUT2D eigenvalue weighted by Gasteiger charge is 2.15. The summed E-state index contributed by atoms with van der Waals surface area (Å²) in [6, 6.07) is 5.51. The predicted molar refractivity (Wildman–Crippen MR) is 77.7 cm³/mol. The summed E-state index contributed by atoms with van der Waals surface area (Å²) in [6.45, 7) is 1.59. The largest absolute Gasteiger partial charge is 0.376 e. The Balaban J connectivity index is 1.72. The first-order chi connectivity index (χ1) is 9.81. The van der Waals surface area contributed by atoms with Crippen LogP contribution >= 0.6 is 11.6 Å². The highest BCUT2D eigenvalue weighted by molar-refractivity contribution is 6.29. The first-order valence-corrected chi connectivity index (χ1v) is 6.99. The van der Waals surface area contributed by atoms with Gasteiger partial charge in [0.15, 0.2) is 0 Å². The molecule has 1 atom stereocenters. The van der Waals surface area contributed by atoms with Crippen molar-refractivity contribution in [3.05, 3.63) is 35.7 Å². The number of pyridine rings is 1. The summed E-state index contributed by atoms with van der Waals surface area (Å²) in [4.78, 5) is 12.7. The molecule has 104 valence electrons. The lowest BCUT2D eigenvalue weighted by Crippen LogP contribution is -2.19. The smallest absolute Gasteiger partial charge is 0.223 e. The van der Waals surface area contributed by atoms with E-state index in [4.69, 9.17) is 16.3 Å². The fourth-order valence-electron chi connectivity index (χ4n) is 2.18. The van der Waals surface area contributed by atoms with Crippen molar-refractivity contribution in [1.82, 2.24) is 15.0 Å². The number of rotatable bonds is 4. The summed E-state index contributed by atoms with van der Waals surface area (Å²) in [5, 5.41) is 3.67. The zero-order valence-corrected chi connectivity index (χ0v) is 11.7. The summed E-state index contributed by atoms with van der Waals surface area (Å²) in [7, 11) is 0. The lowest BCUT2D eigenvalue weighted by molar-refractivity contribution is 0.120. The molecule has 1 N–H and O–H groups in total. The van der Waals surface area contributed by atoms with Crippen molar-refractivity contribution in [2.24, 2.45) is 0 Å². The second-order valence-electron chi connectivity index (χ2n) is 4.65. The first kappa shape index (κ1) is 13.3. The Morgan fingerprint density at radius 3 is 3.00 bits per heavy atom. The standard InChI is InChI=1S/C14H15ClN4O/c15-13-8-10(3-5-16-13)12-4-6-17-14(19-12)18-9-11-2-1-7-20-11/h3-6,8,11H,1-2,7,9H2,(H,17,18,19). The van der Waals surface area contributed by atoms with Gasteiger partial charge in [-0.3, -0.25) is 0 Å². The molecule has 0 amide bonds. The molecule has 5 nitrogen and oxygen atoms in total. The van der Waals surface area contributed by atoms with Crippen molar-refractivity contribution in [3.63, 3.8) is 0 Å². The fourth-order valence-corrected chi connectivity index (χ4v) is 2.35. The molecular formula is C14H15ClN4O. The molecule has 3 rings (SSSR count). The Morgan fingerprint density at radius 2 is 2.20 bits per heavy atom. The molecule has 1 fully saturated rings. The number of anilines is 1. The van der Waals surface area contributed by atoms with Crippen molar-refractivity contribution < 1.29 is 4.74 Å². The van der Waals surface area contributed by atoms with E-state index in [1.165, 1.54) is 0 Å². The van der Waals surface area contributed by atoms with Gasteiger partial charge in [0.05, 0.1) is 11.8 Å². The third-order valence-electron chi connectivity index (χ3n) is 3.19. The van der Waals surface area contributed by atoms with Crippen LogP contribution in [0, 0.1) is 0 Å². The van der Waals surface area contributed by atoms with Crippen molar-refractivity contribution in [2.45, 2.75) is 18.9 Å². The summed E-state index contributed by atoms with van der Waals surface area (Å²) in [6.07, 6.45) is 5.88. The zero-order chi connectivity index (χ0) is 13.8. The molecule has 1 aliphatic rings. The highest BCUT2D eigenvalue weighted by Crippen LogP contribution is 2.20. The van der Waals surface area contributed by atoms with Gasteiger partial charge in [-0.2, -0.15) is 0 Å². The summed E-state index contributed by atoms with van der Waals surface area (Å²) >= 11 is 5.90. The lowest BCUT2D eigenvalue weighted by atomic mass is 10.2. The molecule has 20 heavy (non-hydrogen) atoms. The number of aromatic nitrogens is 3. The third-order valence-corrected chi connectivity index (χ3v) is 3.40. The number of halogens is 1. The van der Waals surface area contributed by atoms with Gasteiger partial charge in [-0.25, -0.2) is 15.0 Å². The predicted octanol–water partition coefficient (Wildman–Crippen LogP) is 2.78. The molecule has 3 heterocycles. The van der Waals surface area contributed by atoms with Crippen molar-refractivity contribution in [2.75, 3.05) is 18.5 Å². The van der Waals surface area contributed by atoms with E-state index in [1.807, 2.05) is 12.1 Å². The molecule has 0 radical (unpaired) electrons. The van der Waals surface area contributed by atoms with E-state index in [9.17, 15) is 0 Å². The van der Waals surface area contributed by atoms with Crippen LogP contribution in [0.2, 0.25) is 5.15 Å². The number of nitrogens with zero attached hydrogens (tertiary/aromatic N) is 3. The third kappa shape index (κ3) is 3.23. The molecular weight excluding hydrogens is 276 g/mol. The Kier molecular flexibility index (Phi) is 4.08. The SMILES string of the molecule is Clc1cc(-c2ccnc(NCC3CCCO3)n2)ccn1. The molecule has 6 heteroatoms. The van der Waals surface area contributed by atoms with Crippen LogP contribution < -0.4 is 5.32 Å². The van der Waals surface area contributed by atoms with Crippen LogP contribution in [0.25, 0.3) is 11.3 Å². The Labute approximate surface area is 122 Å². The minimum absolute atomic E-state index is 0.262. The monoisotopic (exact) mass is 290 g/mol. The zero-order valence-electron chi connectivity index (χ0n) is 10.9. The molecule has 1 unspecified atom stereocenters. The average Bonchev–Trinajstić information content (AvgIpc) is 2.99. The topological polar surface area (TPSA) is 59.9 Å². The summed E-state index contributed by atoms with van der Waals surface area (Å²) in [5.74, 6) is 0.603. The van der Waals surface area contributed by atoms with Crippen LogP contribution in [-0.4, -0.2) is 34.2 Å². The Morgan fingerprint density at radius 1 is 1.30 bits per heavy atom. The molecule has 2 aromatic heterocycles. The summed E-state index contributed by atoms with van der Waals surface area (Å²) < 4.78 is 5.56. The average molecular weight is 291 g/mol. The maximum absolute atomic E-state index is 5.90. The maximum Gasteiger partial charge on any atom is 0.223 e. The molecule has 2 aromatic rings. The first-order valence-electron chi connectivity index (χ1n) is 6.62. The van der Waals surface area contributed by atoms with E-state index < -0.39 is 0 Å². The van der Waals surface area contributed by atoms with Crippen LogP contribution in [0.5, 0.6) is 0 Å². The van der Waals surface area contributed by atoms with Crippen LogP contribution in [-0.2, 0) is 4.74 Å². The molecule has 0 spiro atoms. The van der Waals surface area contributed by atoms with Gasteiger partial charge in [0.2, 0.25) is 5.95 Å². The normalized spacial score (nSPS) is 18.1. The van der Waals surface area contributed by atoms with Gasteiger partial charge in [-0.15, -0.1) is 0 Å². The van der Waals surface area contributed by atoms with E-state index >= 15 is 0 Å². The van der Waals surface area contributed by atoms with E-state index in [0.717, 1.165) is 37.3 Å². The highest BCUT2D eigenvalue weighted by atomic mass is 35.5. The Hall–Kier alpha value is -1.72. The molecule has 1 saturated heterocycles. The van der Waals surface area contributed by atoms with E-state index in [2.05, 4.69) is 20.3 Å². The van der Waals surface area contributed by atoms with Gasteiger partial charge in [-0.05, 0) is 31.0 Å². The minimum atomic E-state index is 0.262. The second kappa shape index (κ2) is 6.15. The van der Waals surface area contributed by atoms with E-state index in [-0.39, 0.29) is 6.10 Å². The maximum atomic E-state index is 5.90. The van der Waals surface area contributed by atoms with Gasteiger partial charge in [-0.1, -0.05) is 11.6 Å². The van der Waals surface area contributed by atoms with E-state index in [0.29, 0.717) is 11.1 Å². The number of hydrogen-bond acceptors (Lipinski definition) is 5. The molecule has 0 saturated carbocycles. The number of ether oxygens (including phenoxy) is 1. The van der Waals surface area contributed by atoms with Crippen LogP contribution in [0.15, 0.2) is 30.6 Å². The summed E-state index contributed by atoms with van der Waals surface area (Å²) in [5.41, 5.74) is 1.74. The molecule has 0 aromatic carbocycles. The van der Waals surface area contributed by atoms with Gasteiger partial charge >= 0.3 is 0 Å². The van der Waals surface area contributed by atoms with Crippen LogP contribution in [0.4, 0.5) is 5.95 Å². The quantitative estimate of drug-likeness (QED) is 0.878. The molecule has 0 bridgehead atoms. The van der Waals surface area contributed by atoms with Crippen molar-refractivity contribution in [1.29, 1.82) is 0 Å². The number of nitrogens with one attached hydrogen (secondary N) is 1. The van der Waals surface area contributed by atoms with Crippen LogP contribution in [0.3, 0.4) is 0 Å². The van der Waals surface area contributed by atoms with E-state index in [1.54, 1.807) is 18.5 Å². The van der Waals surface area contributed by atoms with Gasteiger partial charge in [0.25, 0.3) is 0 Å². The fraction of sp³-hybridized carbons (Fsp3) is 0.357. The number of hydrogen-bond donors (Lipinski definition) is 1. The van der Waals surface area contributed by atoms with Crippen LogP contribution in [0.1, 0.15) is 12.8 Å².